The third-order valence-electron chi connectivity index (χ3n) is 4.41. The van der Waals surface area contributed by atoms with Gasteiger partial charge in [0.1, 0.15) is 0 Å². The Morgan fingerprint density at radius 3 is 2.06 bits per heavy atom. The van der Waals surface area contributed by atoms with Crippen LogP contribution in [0.15, 0.2) is 0 Å². The van der Waals surface area contributed by atoms with Crippen molar-refractivity contribution in [3.63, 3.8) is 0 Å². The molecule has 2 atom stereocenters. The molecule has 4 nitrogen and oxygen atoms in total. The second-order valence-electron chi connectivity index (χ2n) is 5.78. The highest BCUT2D eigenvalue weighted by Gasteiger charge is 2.32. The molecule has 0 aliphatic heterocycles. The summed E-state index contributed by atoms with van der Waals surface area (Å²) in [5.41, 5.74) is 0. The number of aliphatic carboxylic acids is 1. The average Bonchev–Trinajstić information content (AvgIpc) is 2.36. The molecule has 1 saturated carbocycles. The second-order valence-corrected chi connectivity index (χ2v) is 5.78. The Bertz CT molecular complexity index is 308. The maximum Gasteiger partial charge on any atom is 0.307 e. The standard InChI is InChI=1S/C14H25NO3/c1-9-5-7-12(8-6-9)15(4)13(16)10(2)11(3)14(17)18/h9-12H,5-8H2,1-4H3,(H,17,18). The van der Waals surface area contributed by atoms with E-state index in [1.54, 1.807) is 18.7 Å². The van der Waals surface area contributed by atoms with Gasteiger partial charge in [-0.05, 0) is 31.6 Å². The third-order valence-corrected chi connectivity index (χ3v) is 4.41. The van der Waals surface area contributed by atoms with Crippen molar-refractivity contribution in [2.45, 2.75) is 52.5 Å². The van der Waals surface area contributed by atoms with Crippen LogP contribution in [0.25, 0.3) is 0 Å². The molecule has 104 valence electrons. The summed E-state index contributed by atoms with van der Waals surface area (Å²) in [5.74, 6) is -1.26. The molecular formula is C14H25NO3. The van der Waals surface area contributed by atoms with Gasteiger partial charge in [0.2, 0.25) is 5.91 Å². The van der Waals surface area contributed by atoms with Crippen LogP contribution in [0, 0.1) is 17.8 Å². The zero-order valence-electron chi connectivity index (χ0n) is 11.8. The molecule has 0 aromatic heterocycles. The van der Waals surface area contributed by atoms with Crippen LogP contribution < -0.4 is 0 Å². The minimum absolute atomic E-state index is 0.0375. The third kappa shape index (κ3) is 3.47. The molecule has 1 aliphatic rings. The van der Waals surface area contributed by atoms with E-state index in [9.17, 15) is 9.59 Å². The molecule has 1 N–H and O–H groups in total. The summed E-state index contributed by atoms with van der Waals surface area (Å²) in [5, 5.41) is 8.96. The monoisotopic (exact) mass is 255 g/mol. The van der Waals surface area contributed by atoms with E-state index < -0.39 is 17.8 Å². The van der Waals surface area contributed by atoms with Gasteiger partial charge in [0.25, 0.3) is 0 Å². The van der Waals surface area contributed by atoms with Crippen molar-refractivity contribution in [2.75, 3.05) is 7.05 Å². The highest BCUT2D eigenvalue weighted by atomic mass is 16.4. The summed E-state index contributed by atoms with van der Waals surface area (Å²) >= 11 is 0. The van der Waals surface area contributed by atoms with Crippen molar-refractivity contribution in [1.82, 2.24) is 4.90 Å². The predicted molar refractivity (Wildman–Crippen MR) is 70.2 cm³/mol. The molecule has 4 heteroatoms. The average molecular weight is 255 g/mol. The summed E-state index contributed by atoms with van der Waals surface area (Å²) < 4.78 is 0. The summed E-state index contributed by atoms with van der Waals surface area (Å²) in [7, 11) is 1.81. The largest absolute Gasteiger partial charge is 0.481 e. The number of carbonyl (C=O) groups excluding carboxylic acids is 1. The molecule has 1 aliphatic carbocycles. The number of amides is 1. The highest BCUT2D eigenvalue weighted by molar-refractivity contribution is 5.84. The van der Waals surface area contributed by atoms with E-state index in [-0.39, 0.29) is 11.9 Å². The van der Waals surface area contributed by atoms with Crippen LogP contribution in [0.3, 0.4) is 0 Å². The van der Waals surface area contributed by atoms with Crippen molar-refractivity contribution in [3.8, 4) is 0 Å². The Kier molecular flexibility index (Phi) is 5.17. The molecular weight excluding hydrogens is 230 g/mol. The summed E-state index contributed by atoms with van der Waals surface area (Å²) in [6.07, 6.45) is 4.39. The predicted octanol–water partition coefficient (Wildman–Crippen LogP) is 2.38. The zero-order chi connectivity index (χ0) is 13.9. The summed E-state index contributed by atoms with van der Waals surface area (Å²) in [6, 6.07) is 0.289. The van der Waals surface area contributed by atoms with E-state index in [2.05, 4.69) is 6.92 Å². The molecule has 18 heavy (non-hydrogen) atoms. The Morgan fingerprint density at radius 2 is 1.61 bits per heavy atom. The lowest BCUT2D eigenvalue weighted by molar-refractivity contribution is -0.149. The lowest BCUT2D eigenvalue weighted by Gasteiger charge is -2.35. The lowest BCUT2D eigenvalue weighted by Crippen LogP contribution is -2.44. The summed E-state index contributed by atoms with van der Waals surface area (Å²) in [6.45, 7) is 5.55. The molecule has 0 saturated heterocycles. The van der Waals surface area contributed by atoms with E-state index in [1.165, 1.54) is 0 Å². The minimum atomic E-state index is -0.901. The van der Waals surface area contributed by atoms with Crippen LogP contribution in [-0.4, -0.2) is 35.0 Å². The zero-order valence-corrected chi connectivity index (χ0v) is 11.8. The number of carboxylic acid groups (broad SMARTS) is 1. The molecule has 0 heterocycles. The van der Waals surface area contributed by atoms with Crippen LogP contribution in [0.2, 0.25) is 0 Å². The van der Waals surface area contributed by atoms with Gasteiger partial charge in [0.05, 0.1) is 5.92 Å². The molecule has 0 radical (unpaired) electrons. The van der Waals surface area contributed by atoms with E-state index >= 15 is 0 Å². The molecule has 1 fully saturated rings. The van der Waals surface area contributed by atoms with E-state index in [0.29, 0.717) is 0 Å². The number of carboxylic acids is 1. The van der Waals surface area contributed by atoms with Crippen molar-refractivity contribution in [3.05, 3.63) is 0 Å². The molecule has 1 amide bonds. The van der Waals surface area contributed by atoms with E-state index in [1.807, 2.05) is 7.05 Å². The highest BCUT2D eigenvalue weighted by Crippen LogP contribution is 2.27. The van der Waals surface area contributed by atoms with Crippen molar-refractivity contribution in [1.29, 1.82) is 0 Å². The first-order chi connectivity index (χ1) is 8.34. The van der Waals surface area contributed by atoms with Crippen molar-refractivity contribution < 1.29 is 14.7 Å². The Hall–Kier alpha value is -1.06. The SMILES string of the molecule is CC1CCC(N(C)C(=O)C(C)C(C)C(=O)O)CC1. The van der Waals surface area contributed by atoms with Crippen molar-refractivity contribution in [2.24, 2.45) is 17.8 Å². The van der Waals surface area contributed by atoms with E-state index in [0.717, 1.165) is 31.6 Å². The van der Waals surface area contributed by atoms with Crippen molar-refractivity contribution >= 4 is 11.9 Å². The Balaban J connectivity index is 2.58. The van der Waals surface area contributed by atoms with Crippen LogP contribution in [0.1, 0.15) is 46.5 Å². The van der Waals surface area contributed by atoms with Gasteiger partial charge in [-0.1, -0.05) is 20.8 Å². The summed E-state index contributed by atoms with van der Waals surface area (Å²) in [4.78, 5) is 24.9. The second kappa shape index (κ2) is 6.21. The molecule has 1 rings (SSSR count). The van der Waals surface area contributed by atoms with Gasteiger partial charge in [0.15, 0.2) is 0 Å². The molecule has 0 spiro atoms. The number of carbonyl (C=O) groups is 2. The van der Waals surface area contributed by atoms with Gasteiger partial charge in [-0.15, -0.1) is 0 Å². The smallest absolute Gasteiger partial charge is 0.307 e. The van der Waals surface area contributed by atoms with Crippen LogP contribution >= 0.6 is 0 Å². The van der Waals surface area contributed by atoms with Gasteiger partial charge < -0.3 is 10.0 Å². The normalized spacial score (nSPS) is 27.3. The van der Waals surface area contributed by atoms with Crippen LogP contribution in [-0.2, 0) is 9.59 Å². The minimum Gasteiger partial charge on any atom is -0.481 e. The van der Waals surface area contributed by atoms with Gasteiger partial charge >= 0.3 is 5.97 Å². The quantitative estimate of drug-likeness (QED) is 0.839. The fraction of sp³-hybridized carbons (Fsp3) is 0.857. The van der Waals surface area contributed by atoms with Gasteiger partial charge in [0, 0.05) is 19.0 Å². The molecule has 2 unspecified atom stereocenters. The number of hydrogen-bond donors (Lipinski definition) is 1. The molecule has 0 aromatic rings. The molecule has 0 aromatic carbocycles. The van der Waals surface area contributed by atoms with Crippen LogP contribution in [0.5, 0.6) is 0 Å². The first kappa shape index (κ1) is 15.0. The fourth-order valence-electron chi connectivity index (χ4n) is 2.56. The van der Waals surface area contributed by atoms with Gasteiger partial charge in [-0.2, -0.15) is 0 Å². The van der Waals surface area contributed by atoms with Gasteiger partial charge in [-0.3, -0.25) is 9.59 Å². The maximum atomic E-state index is 12.2. The van der Waals surface area contributed by atoms with Crippen LogP contribution in [0.4, 0.5) is 0 Å². The fourth-order valence-corrected chi connectivity index (χ4v) is 2.56. The first-order valence-corrected chi connectivity index (χ1v) is 6.84. The molecule has 0 bridgehead atoms. The topological polar surface area (TPSA) is 57.6 Å². The number of hydrogen-bond acceptors (Lipinski definition) is 2. The first-order valence-electron chi connectivity index (χ1n) is 6.84. The lowest BCUT2D eigenvalue weighted by atomic mass is 9.86. The Morgan fingerprint density at radius 1 is 1.11 bits per heavy atom. The van der Waals surface area contributed by atoms with E-state index in [4.69, 9.17) is 5.11 Å². The van der Waals surface area contributed by atoms with Gasteiger partial charge in [-0.25, -0.2) is 0 Å². The number of nitrogens with zero attached hydrogens (tertiary/aromatic N) is 1. The Labute approximate surface area is 109 Å². The number of rotatable bonds is 4. The maximum absolute atomic E-state index is 12.2.